The van der Waals surface area contributed by atoms with Crippen LogP contribution in [0.3, 0.4) is 0 Å². The van der Waals surface area contributed by atoms with Crippen LogP contribution in [0.2, 0.25) is 0 Å². The summed E-state index contributed by atoms with van der Waals surface area (Å²) in [5.74, 6) is -0.424. The van der Waals surface area contributed by atoms with Crippen molar-refractivity contribution in [2.75, 3.05) is 4.90 Å². The van der Waals surface area contributed by atoms with E-state index in [9.17, 15) is 9.59 Å². The number of anilines is 2. The topological polar surface area (TPSA) is 85.0 Å². The lowest BCUT2D eigenvalue weighted by Crippen LogP contribution is -2.32. The molecule has 0 fully saturated rings. The van der Waals surface area contributed by atoms with Gasteiger partial charge < -0.3 is 10.6 Å². The molecule has 2 N–H and O–H groups in total. The lowest BCUT2D eigenvalue weighted by molar-refractivity contribution is -0.152. The molecule has 0 aromatic heterocycles. The first-order valence-corrected chi connectivity index (χ1v) is 8.34. The Hall–Kier alpha value is -3.15. The van der Waals surface area contributed by atoms with Gasteiger partial charge in [0.1, 0.15) is 0 Å². The highest BCUT2D eigenvalue weighted by atomic mass is 16.7. The monoisotopic (exact) mass is 351 g/mol. The van der Waals surface area contributed by atoms with Gasteiger partial charge in [-0.25, -0.2) is 9.59 Å². The quantitative estimate of drug-likeness (QED) is 0.627. The number of carbonyl (C=O) groups is 2. The number of amides is 2. The van der Waals surface area contributed by atoms with E-state index in [0.29, 0.717) is 29.1 Å². The van der Waals surface area contributed by atoms with Gasteiger partial charge in [0.15, 0.2) is 0 Å². The Bertz CT molecular complexity index is 897. The Labute approximate surface area is 152 Å². The number of benzene rings is 2. The molecule has 0 spiro atoms. The summed E-state index contributed by atoms with van der Waals surface area (Å²) in [5, 5.41) is 4.13. The summed E-state index contributed by atoms with van der Waals surface area (Å²) in [6.45, 7) is 5.29. The van der Waals surface area contributed by atoms with Gasteiger partial charge in [0.2, 0.25) is 0 Å². The SMILES string of the molecule is CC(C)(C)C(=O)ON=C1Cc2ccccc2N(C(N)=O)c2ccccc21. The minimum absolute atomic E-state index is 0.411. The summed E-state index contributed by atoms with van der Waals surface area (Å²) in [4.78, 5) is 30.9. The van der Waals surface area contributed by atoms with E-state index in [4.69, 9.17) is 10.6 Å². The van der Waals surface area contributed by atoms with E-state index in [2.05, 4.69) is 5.16 Å². The van der Waals surface area contributed by atoms with Crippen molar-refractivity contribution in [2.45, 2.75) is 27.2 Å². The molecule has 0 saturated heterocycles. The maximum Gasteiger partial charge on any atom is 0.340 e. The van der Waals surface area contributed by atoms with Crippen LogP contribution in [-0.2, 0) is 16.1 Å². The third kappa shape index (κ3) is 3.31. The largest absolute Gasteiger partial charge is 0.351 e. The summed E-state index contributed by atoms with van der Waals surface area (Å²) in [6.07, 6.45) is 0.411. The first-order chi connectivity index (χ1) is 12.3. The smallest absolute Gasteiger partial charge is 0.340 e. The molecule has 6 nitrogen and oxygen atoms in total. The van der Waals surface area contributed by atoms with Crippen LogP contribution in [0.25, 0.3) is 0 Å². The average Bonchev–Trinajstić information content (AvgIpc) is 2.73. The second-order valence-corrected chi connectivity index (χ2v) is 7.16. The van der Waals surface area contributed by atoms with Gasteiger partial charge in [-0.15, -0.1) is 0 Å². The number of oxime groups is 1. The standard InChI is InChI=1S/C20H21N3O3/c1-20(2,3)18(24)26-22-15-12-13-8-4-6-10-16(13)23(19(21)25)17-11-7-5-9-14(15)17/h4-11H,12H2,1-3H3,(H2,21,25). The summed E-state index contributed by atoms with van der Waals surface area (Å²) in [6, 6.07) is 14.2. The molecule has 26 heavy (non-hydrogen) atoms. The number of primary amides is 1. The second kappa shape index (κ2) is 6.63. The van der Waals surface area contributed by atoms with Gasteiger partial charge in [-0.1, -0.05) is 41.6 Å². The number of urea groups is 1. The van der Waals surface area contributed by atoms with E-state index >= 15 is 0 Å². The molecule has 6 heteroatoms. The zero-order chi connectivity index (χ0) is 18.9. The molecule has 2 amide bonds. The van der Waals surface area contributed by atoms with E-state index in [0.717, 1.165) is 5.56 Å². The molecule has 134 valence electrons. The number of hydrogen-bond acceptors (Lipinski definition) is 4. The molecular weight excluding hydrogens is 330 g/mol. The van der Waals surface area contributed by atoms with Crippen molar-refractivity contribution in [3.05, 3.63) is 59.7 Å². The highest BCUT2D eigenvalue weighted by Crippen LogP contribution is 2.36. The fourth-order valence-corrected chi connectivity index (χ4v) is 2.75. The normalized spacial score (nSPS) is 15.0. The predicted molar refractivity (Wildman–Crippen MR) is 100 cm³/mol. The first-order valence-electron chi connectivity index (χ1n) is 8.34. The van der Waals surface area contributed by atoms with Crippen LogP contribution < -0.4 is 10.6 Å². The lowest BCUT2D eigenvalue weighted by Gasteiger charge is -2.22. The predicted octanol–water partition coefficient (Wildman–Crippen LogP) is 3.75. The Morgan fingerprint density at radius 2 is 1.65 bits per heavy atom. The molecule has 2 aromatic carbocycles. The highest BCUT2D eigenvalue weighted by Gasteiger charge is 2.28. The Morgan fingerprint density at radius 3 is 2.31 bits per heavy atom. The highest BCUT2D eigenvalue weighted by molar-refractivity contribution is 6.13. The minimum Gasteiger partial charge on any atom is -0.351 e. The molecular formula is C20H21N3O3. The van der Waals surface area contributed by atoms with Gasteiger partial charge in [0, 0.05) is 12.0 Å². The number of para-hydroxylation sites is 2. The van der Waals surface area contributed by atoms with Gasteiger partial charge in [0.05, 0.1) is 22.5 Å². The summed E-state index contributed by atoms with van der Waals surface area (Å²) >= 11 is 0. The Balaban J connectivity index is 2.14. The lowest BCUT2D eigenvalue weighted by atomic mass is 9.98. The van der Waals surface area contributed by atoms with E-state index in [1.54, 1.807) is 26.8 Å². The van der Waals surface area contributed by atoms with Crippen molar-refractivity contribution >= 4 is 29.1 Å². The molecule has 1 heterocycles. The Kier molecular flexibility index (Phi) is 4.50. The fourth-order valence-electron chi connectivity index (χ4n) is 2.75. The van der Waals surface area contributed by atoms with Crippen molar-refractivity contribution in [1.29, 1.82) is 0 Å². The van der Waals surface area contributed by atoms with Crippen LogP contribution in [0.15, 0.2) is 53.7 Å². The average molecular weight is 351 g/mol. The number of fused-ring (bicyclic) bond motifs is 2. The van der Waals surface area contributed by atoms with Crippen molar-refractivity contribution in [3.8, 4) is 0 Å². The molecule has 0 atom stereocenters. The molecule has 1 aliphatic heterocycles. The molecule has 0 aliphatic carbocycles. The van der Waals surface area contributed by atoms with Crippen molar-refractivity contribution in [1.82, 2.24) is 0 Å². The summed E-state index contributed by atoms with van der Waals surface area (Å²) < 4.78 is 0. The van der Waals surface area contributed by atoms with E-state index in [1.165, 1.54) is 4.90 Å². The van der Waals surface area contributed by atoms with Crippen LogP contribution in [0.4, 0.5) is 16.2 Å². The third-order valence-corrected chi connectivity index (χ3v) is 4.12. The molecule has 3 rings (SSSR count). The summed E-state index contributed by atoms with van der Waals surface area (Å²) in [7, 11) is 0. The van der Waals surface area contributed by atoms with Gasteiger partial charge >= 0.3 is 12.0 Å². The van der Waals surface area contributed by atoms with Crippen molar-refractivity contribution in [3.63, 3.8) is 0 Å². The van der Waals surface area contributed by atoms with Crippen molar-refractivity contribution in [2.24, 2.45) is 16.3 Å². The minimum atomic E-state index is -0.661. The van der Waals surface area contributed by atoms with Crippen LogP contribution in [0.5, 0.6) is 0 Å². The fraction of sp³-hybridized carbons (Fsp3) is 0.250. The van der Waals surface area contributed by atoms with Crippen LogP contribution >= 0.6 is 0 Å². The first kappa shape index (κ1) is 17.7. The third-order valence-electron chi connectivity index (χ3n) is 4.12. The van der Waals surface area contributed by atoms with Gasteiger partial charge in [0.25, 0.3) is 0 Å². The second-order valence-electron chi connectivity index (χ2n) is 7.16. The summed E-state index contributed by atoms with van der Waals surface area (Å²) in [5.41, 5.74) is 8.42. The zero-order valence-corrected chi connectivity index (χ0v) is 15.0. The molecule has 0 unspecified atom stereocenters. The number of nitrogens with two attached hydrogens (primary N) is 1. The Morgan fingerprint density at radius 1 is 1.04 bits per heavy atom. The maximum absolute atomic E-state index is 12.2. The number of rotatable bonds is 1. The zero-order valence-electron chi connectivity index (χ0n) is 15.0. The molecule has 1 aliphatic rings. The number of nitrogens with zero attached hydrogens (tertiary/aromatic N) is 2. The molecule has 0 bridgehead atoms. The van der Waals surface area contributed by atoms with Gasteiger partial charge in [-0.05, 0) is 38.5 Å². The molecule has 2 aromatic rings. The maximum atomic E-state index is 12.2. The number of hydrogen-bond donors (Lipinski definition) is 1. The van der Waals surface area contributed by atoms with E-state index < -0.39 is 17.4 Å². The molecule has 0 radical (unpaired) electrons. The van der Waals surface area contributed by atoms with Gasteiger partial charge in [-0.3, -0.25) is 4.90 Å². The number of carbonyl (C=O) groups excluding carboxylic acids is 2. The molecule has 0 saturated carbocycles. The van der Waals surface area contributed by atoms with Crippen LogP contribution in [0, 0.1) is 5.41 Å². The van der Waals surface area contributed by atoms with Crippen LogP contribution in [-0.4, -0.2) is 17.7 Å². The van der Waals surface area contributed by atoms with E-state index in [1.807, 2.05) is 42.5 Å². The van der Waals surface area contributed by atoms with Gasteiger partial charge in [-0.2, -0.15) is 0 Å². The van der Waals surface area contributed by atoms with Crippen LogP contribution in [0.1, 0.15) is 31.9 Å². The van der Waals surface area contributed by atoms with Crippen molar-refractivity contribution < 1.29 is 14.4 Å². The van der Waals surface area contributed by atoms with E-state index in [-0.39, 0.29) is 0 Å².